The predicted octanol–water partition coefficient (Wildman–Crippen LogP) is 2.41. The molecule has 0 atom stereocenters. The van der Waals surface area contributed by atoms with Crippen LogP contribution in [-0.4, -0.2) is 33.4 Å². The summed E-state index contributed by atoms with van der Waals surface area (Å²) in [4.78, 5) is 24.3. The minimum atomic E-state index is -3.72. The minimum Gasteiger partial charge on any atom is -0.465 e. The van der Waals surface area contributed by atoms with E-state index in [1.54, 1.807) is 32.0 Å². The Labute approximate surface area is 152 Å². The first kappa shape index (κ1) is 19.6. The number of methoxy groups -OCH3 is 1. The molecule has 0 heterocycles. The van der Waals surface area contributed by atoms with Crippen LogP contribution in [0.2, 0.25) is 0 Å². The summed E-state index contributed by atoms with van der Waals surface area (Å²) in [7, 11) is -2.47. The van der Waals surface area contributed by atoms with Gasteiger partial charge in [-0.2, -0.15) is 0 Å². The quantitative estimate of drug-likeness (QED) is 0.754. The third-order valence-corrected chi connectivity index (χ3v) is 5.03. The average Bonchev–Trinajstić information content (AvgIpc) is 2.60. The molecule has 0 aromatic heterocycles. The first-order valence-corrected chi connectivity index (χ1v) is 9.34. The zero-order valence-electron chi connectivity index (χ0n) is 14.6. The van der Waals surface area contributed by atoms with Crippen LogP contribution < -0.4 is 10.0 Å². The number of esters is 1. The number of benzene rings is 2. The molecule has 2 aromatic carbocycles. The fourth-order valence-corrected chi connectivity index (χ4v) is 3.55. The number of nitrogens with one attached hydrogen (secondary N) is 2. The molecule has 0 radical (unpaired) electrons. The van der Waals surface area contributed by atoms with Crippen LogP contribution in [0.1, 0.15) is 34.6 Å². The number of hydrogen-bond donors (Lipinski definition) is 2. The highest BCUT2D eigenvalue weighted by atomic mass is 32.2. The van der Waals surface area contributed by atoms with Crippen LogP contribution in [0, 0.1) is 0 Å². The van der Waals surface area contributed by atoms with Gasteiger partial charge in [0.15, 0.2) is 0 Å². The van der Waals surface area contributed by atoms with Gasteiger partial charge in [-0.1, -0.05) is 18.2 Å². The van der Waals surface area contributed by atoms with Crippen molar-refractivity contribution in [3.05, 3.63) is 59.7 Å². The maximum Gasteiger partial charge on any atom is 0.339 e. The molecule has 0 bridgehead atoms. The van der Waals surface area contributed by atoms with Crippen LogP contribution in [0.4, 0.5) is 5.69 Å². The van der Waals surface area contributed by atoms with E-state index in [0.717, 1.165) is 0 Å². The van der Waals surface area contributed by atoms with Crippen molar-refractivity contribution in [1.29, 1.82) is 0 Å². The molecule has 0 unspecified atom stereocenters. The molecule has 138 valence electrons. The highest BCUT2D eigenvalue weighted by Crippen LogP contribution is 2.18. The number of sulfonamides is 1. The van der Waals surface area contributed by atoms with Crippen LogP contribution in [0.15, 0.2) is 53.4 Å². The smallest absolute Gasteiger partial charge is 0.339 e. The number of carbonyl (C=O) groups is 2. The lowest BCUT2D eigenvalue weighted by atomic mass is 10.1. The second-order valence-electron chi connectivity index (χ2n) is 5.80. The van der Waals surface area contributed by atoms with Crippen molar-refractivity contribution in [2.75, 3.05) is 12.4 Å². The van der Waals surface area contributed by atoms with Gasteiger partial charge in [0.25, 0.3) is 5.91 Å². The van der Waals surface area contributed by atoms with Gasteiger partial charge in [0.05, 0.1) is 23.3 Å². The van der Waals surface area contributed by atoms with E-state index >= 15 is 0 Å². The van der Waals surface area contributed by atoms with E-state index in [-0.39, 0.29) is 27.8 Å². The van der Waals surface area contributed by atoms with Crippen molar-refractivity contribution in [3.8, 4) is 0 Å². The Kier molecular flexibility index (Phi) is 6.12. The van der Waals surface area contributed by atoms with E-state index in [1.807, 2.05) is 0 Å². The maximum absolute atomic E-state index is 12.5. The van der Waals surface area contributed by atoms with Gasteiger partial charge in [0.1, 0.15) is 0 Å². The largest absolute Gasteiger partial charge is 0.465 e. The Bertz CT molecular complexity index is 923. The molecular weight excluding hydrogens is 356 g/mol. The molecule has 0 saturated heterocycles. The molecular formula is C18H20N2O5S. The summed E-state index contributed by atoms with van der Waals surface area (Å²) in [5.74, 6) is -1.12. The van der Waals surface area contributed by atoms with Crippen molar-refractivity contribution in [2.45, 2.75) is 24.8 Å². The van der Waals surface area contributed by atoms with Crippen molar-refractivity contribution in [1.82, 2.24) is 4.72 Å². The Morgan fingerprint density at radius 1 is 1.04 bits per heavy atom. The van der Waals surface area contributed by atoms with Crippen molar-refractivity contribution < 1.29 is 22.7 Å². The Morgan fingerprint density at radius 2 is 1.73 bits per heavy atom. The fraction of sp³-hybridized carbons (Fsp3) is 0.222. The average molecular weight is 376 g/mol. The summed E-state index contributed by atoms with van der Waals surface area (Å²) in [6, 6.07) is 11.8. The normalized spacial score (nSPS) is 11.2. The van der Waals surface area contributed by atoms with E-state index < -0.39 is 21.9 Å². The highest BCUT2D eigenvalue weighted by Gasteiger charge is 2.18. The van der Waals surface area contributed by atoms with Gasteiger partial charge in [0.2, 0.25) is 10.0 Å². The first-order chi connectivity index (χ1) is 12.2. The monoisotopic (exact) mass is 376 g/mol. The lowest BCUT2D eigenvalue weighted by molar-refractivity contribution is 0.0602. The van der Waals surface area contributed by atoms with Gasteiger partial charge in [-0.05, 0) is 44.2 Å². The third-order valence-electron chi connectivity index (χ3n) is 3.38. The Morgan fingerprint density at radius 3 is 2.38 bits per heavy atom. The number of rotatable bonds is 6. The number of amides is 1. The zero-order valence-corrected chi connectivity index (χ0v) is 15.5. The first-order valence-electron chi connectivity index (χ1n) is 7.85. The lowest BCUT2D eigenvalue weighted by Crippen LogP contribution is -2.30. The molecule has 7 nitrogen and oxygen atoms in total. The van der Waals surface area contributed by atoms with Gasteiger partial charge in [-0.15, -0.1) is 0 Å². The molecule has 2 aromatic rings. The highest BCUT2D eigenvalue weighted by molar-refractivity contribution is 7.89. The molecule has 0 aliphatic rings. The molecule has 2 rings (SSSR count). The van der Waals surface area contributed by atoms with Gasteiger partial charge >= 0.3 is 5.97 Å². The molecule has 0 fully saturated rings. The number of anilines is 1. The van der Waals surface area contributed by atoms with Gasteiger partial charge < -0.3 is 10.1 Å². The van der Waals surface area contributed by atoms with E-state index in [9.17, 15) is 18.0 Å². The van der Waals surface area contributed by atoms with Crippen LogP contribution in [0.5, 0.6) is 0 Å². The van der Waals surface area contributed by atoms with Crippen LogP contribution in [-0.2, 0) is 14.8 Å². The number of hydrogen-bond acceptors (Lipinski definition) is 5. The zero-order chi connectivity index (χ0) is 19.3. The summed E-state index contributed by atoms with van der Waals surface area (Å²) in [6.07, 6.45) is 0. The minimum absolute atomic E-state index is 0.0138. The van der Waals surface area contributed by atoms with Crippen molar-refractivity contribution in [2.24, 2.45) is 0 Å². The molecule has 0 spiro atoms. The summed E-state index contributed by atoms with van der Waals surface area (Å²) in [5, 5.41) is 2.61. The van der Waals surface area contributed by atoms with E-state index in [1.165, 1.54) is 37.4 Å². The molecule has 2 N–H and O–H groups in total. The summed E-state index contributed by atoms with van der Waals surface area (Å²) in [6.45, 7) is 3.41. The van der Waals surface area contributed by atoms with Crippen LogP contribution in [0.3, 0.4) is 0 Å². The Hall–Kier alpha value is -2.71. The molecule has 0 saturated carbocycles. The van der Waals surface area contributed by atoms with Crippen LogP contribution >= 0.6 is 0 Å². The second-order valence-corrected chi connectivity index (χ2v) is 7.51. The lowest BCUT2D eigenvalue weighted by Gasteiger charge is -2.12. The molecule has 26 heavy (non-hydrogen) atoms. The summed E-state index contributed by atoms with van der Waals surface area (Å²) < 4.78 is 31.7. The second kappa shape index (κ2) is 8.11. The van der Waals surface area contributed by atoms with Crippen LogP contribution in [0.25, 0.3) is 0 Å². The van der Waals surface area contributed by atoms with E-state index in [2.05, 4.69) is 14.8 Å². The van der Waals surface area contributed by atoms with Gasteiger partial charge in [-0.3, -0.25) is 4.79 Å². The van der Waals surface area contributed by atoms with Crippen molar-refractivity contribution >= 4 is 27.6 Å². The SMILES string of the molecule is COC(=O)c1ccccc1NC(=O)c1cccc(S(=O)(=O)NC(C)C)c1. The molecule has 0 aliphatic heterocycles. The molecule has 0 aliphatic carbocycles. The van der Waals surface area contributed by atoms with Gasteiger partial charge in [0, 0.05) is 11.6 Å². The third kappa shape index (κ3) is 4.68. The fourth-order valence-electron chi connectivity index (χ4n) is 2.26. The van der Waals surface area contributed by atoms with E-state index in [0.29, 0.717) is 0 Å². The van der Waals surface area contributed by atoms with E-state index in [4.69, 9.17) is 0 Å². The summed E-state index contributed by atoms with van der Waals surface area (Å²) >= 11 is 0. The summed E-state index contributed by atoms with van der Waals surface area (Å²) in [5.41, 5.74) is 0.628. The maximum atomic E-state index is 12.5. The standard InChI is InChI=1S/C18H20N2O5S/c1-12(2)20-26(23,24)14-8-6-7-13(11-14)17(21)19-16-10-5-4-9-15(16)18(22)25-3/h4-12,20H,1-3H3,(H,19,21). The molecule has 8 heteroatoms. The number of ether oxygens (including phenoxy) is 1. The van der Waals surface area contributed by atoms with Crippen molar-refractivity contribution in [3.63, 3.8) is 0 Å². The predicted molar refractivity (Wildman–Crippen MR) is 97.6 cm³/mol. The topological polar surface area (TPSA) is 102 Å². The number of carbonyl (C=O) groups excluding carboxylic acids is 2. The Balaban J connectivity index is 2.30. The number of para-hydroxylation sites is 1. The van der Waals surface area contributed by atoms with Gasteiger partial charge in [-0.25, -0.2) is 17.9 Å². The molecule has 1 amide bonds.